The van der Waals surface area contributed by atoms with Gasteiger partial charge in [0.2, 0.25) is 0 Å². The van der Waals surface area contributed by atoms with Gasteiger partial charge in [-0.15, -0.1) is 0 Å². The highest BCUT2D eigenvalue weighted by Gasteiger charge is 1.97. The van der Waals surface area contributed by atoms with Gasteiger partial charge in [0.1, 0.15) is 0 Å². The fourth-order valence-electron chi connectivity index (χ4n) is 2.99. The standard InChI is InChI=1S/C12H12.C11H10.2C2H6/c1-9-7-8-10(2)12-6-4-3-5-11(9)12;1-9-5-4-7-10-6-2-3-8-11(9)10;2*1-2/h3-8H,1-2H3;2-8H,1H3;2*1-2H3. The van der Waals surface area contributed by atoms with Crippen molar-refractivity contribution in [2.24, 2.45) is 0 Å². The van der Waals surface area contributed by atoms with Crippen LogP contribution in [0.25, 0.3) is 21.5 Å². The largest absolute Gasteiger partial charge is 0.0683 e. The Morgan fingerprint density at radius 3 is 1.22 bits per heavy atom. The lowest BCUT2D eigenvalue weighted by Gasteiger charge is -2.03. The summed E-state index contributed by atoms with van der Waals surface area (Å²) >= 11 is 0. The summed E-state index contributed by atoms with van der Waals surface area (Å²) in [5.74, 6) is 0. The minimum Gasteiger partial charge on any atom is -0.0683 e. The second-order valence-corrected chi connectivity index (χ2v) is 6.04. The van der Waals surface area contributed by atoms with E-state index in [1.165, 1.54) is 38.2 Å². The molecule has 0 aliphatic heterocycles. The van der Waals surface area contributed by atoms with Crippen molar-refractivity contribution >= 4 is 21.5 Å². The molecule has 4 aromatic carbocycles. The van der Waals surface area contributed by atoms with Gasteiger partial charge in [-0.05, 0) is 59.0 Å². The number of rotatable bonds is 0. The van der Waals surface area contributed by atoms with Crippen LogP contribution >= 0.6 is 0 Å². The topological polar surface area (TPSA) is 0 Å². The summed E-state index contributed by atoms with van der Waals surface area (Å²) in [6.45, 7) is 14.5. The molecule has 0 N–H and O–H groups in total. The first kappa shape index (κ1) is 22.4. The second kappa shape index (κ2) is 11.9. The molecule has 0 spiro atoms. The molecule has 0 aliphatic rings. The van der Waals surface area contributed by atoms with Crippen molar-refractivity contribution in [3.05, 3.63) is 95.6 Å². The molecule has 0 nitrogen and oxygen atoms in total. The molecule has 0 fully saturated rings. The molecule has 0 saturated heterocycles. The molecule has 27 heavy (non-hydrogen) atoms. The van der Waals surface area contributed by atoms with Crippen molar-refractivity contribution in [3.8, 4) is 0 Å². The first-order valence-corrected chi connectivity index (χ1v) is 10.1. The summed E-state index contributed by atoms with van der Waals surface area (Å²) in [6, 6.07) is 27.7. The van der Waals surface area contributed by atoms with Crippen LogP contribution in [-0.4, -0.2) is 0 Å². The van der Waals surface area contributed by atoms with E-state index in [2.05, 4.69) is 99.6 Å². The predicted molar refractivity (Wildman–Crippen MR) is 125 cm³/mol. The Morgan fingerprint density at radius 1 is 0.370 bits per heavy atom. The van der Waals surface area contributed by atoms with E-state index < -0.39 is 0 Å². The van der Waals surface area contributed by atoms with E-state index in [1.54, 1.807) is 0 Å². The summed E-state index contributed by atoms with van der Waals surface area (Å²) in [4.78, 5) is 0. The molecule has 0 amide bonds. The molecular weight excluding hydrogens is 324 g/mol. The summed E-state index contributed by atoms with van der Waals surface area (Å²) < 4.78 is 0. The van der Waals surface area contributed by atoms with E-state index in [1.807, 2.05) is 27.7 Å². The van der Waals surface area contributed by atoms with E-state index >= 15 is 0 Å². The van der Waals surface area contributed by atoms with Gasteiger partial charge in [0.15, 0.2) is 0 Å². The van der Waals surface area contributed by atoms with E-state index in [0.29, 0.717) is 0 Å². The maximum atomic E-state index is 2.18. The van der Waals surface area contributed by atoms with Crippen LogP contribution in [0.3, 0.4) is 0 Å². The van der Waals surface area contributed by atoms with Gasteiger partial charge in [0.25, 0.3) is 0 Å². The molecule has 0 unspecified atom stereocenters. The van der Waals surface area contributed by atoms with Crippen molar-refractivity contribution in [1.29, 1.82) is 0 Å². The molecule has 142 valence electrons. The lowest BCUT2D eigenvalue weighted by molar-refractivity contribution is 1.46. The van der Waals surface area contributed by atoms with Gasteiger partial charge in [-0.3, -0.25) is 0 Å². The van der Waals surface area contributed by atoms with Gasteiger partial charge < -0.3 is 0 Å². The van der Waals surface area contributed by atoms with Crippen LogP contribution in [0.1, 0.15) is 44.4 Å². The minimum absolute atomic E-state index is 1.33. The summed E-state index contributed by atoms with van der Waals surface area (Å²) in [6.07, 6.45) is 0. The van der Waals surface area contributed by atoms with Crippen LogP contribution in [0.15, 0.2) is 78.9 Å². The van der Waals surface area contributed by atoms with Crippen molar-refractivity contribution in [2.75, 3.05) is 0 Å². The van der Waals surface area contributed by atoms with Crippen LogP contribution in [0, 0.1) is 20.8 Å². The third-order valence-electron chi connectivity index (χ3n) is 4.37. The number of fused-ring (bicyclic) bond motifs is 2. The van der Waals surface area contributed by atoms with Crippen LogP contribution in [0.5, 0.6) is 0 Å². The molecular formula is C27H34. The van der Waals surface area contributed by atoms with Crippen LogP contribution in [0.2, 0.25) is 0 Å². The highest BCUT2D eigenvalue weighted by atomic mass is 14.0. The Hall–Kier alpha value is -2.60. The van der Waals surface area contributed by atoms with Gasteiger partial charge in [0, 0.05) is 0 Å². The Labute approximate surface area is 165 Å². The predicted octanol–water partition coefficient (Wildman–Crippen LogP) is 8.66. The quantitative estimate of drug-likeness (QED) is 0.295. The van der Waals surface area contributed by atoms with Gasteiger partial charge in [0.05, 0.1) is 0 Å². The molecule has 0 radical (unpaired) electrons. The Balaban J connectivity index is 0.000000229. The summed E-state index contributed by atoms with van der Waals surface area (Å²) in [5.41, 5.74) is 4.07. The Bertz CT molecular complexity index is 902. The minimum atomic E-state index is 1.33. The van der Waals surface area contributed by atoms with Crippen molar-refractivity contribution in [3.63, 3.8) is 0 Å². The van der Waals surface area contributed by atoms with E-state index in [4.69, 9.17) is 0 Å². The van der Waals surface area contributed by atoms with E-state index in [0.717, 1.165) is 0 Å². The monoisotopic (exact) mass is 358 g/mol. The highest BCUT2D eigenvalue weighted by molar-refractivity contribution is 5.88. The van der Waals surface area contributed by atoms with Crippen LogP contribution in [0.4, 0.5) is 0 Å². The lowest BCUT2D eigenvalue weighted by Crippen LogP contribution is -1.80. The zero-order valence-corrected chi connectivity index (χ0v) is 18.0. The smallest absolute Gasteiger partial charge is 0.0152 e. The number of benzene rings is 4. The first-order valence-electron chi connectivity index (χ1n) is 10.1. The summed E-state index contributed by atoms with van der Waals surface area (Å²) in [7, 11) is 0. The first-order chi connectivity index (χ1) is 13.2. The SMILES string of the molecule is CC.CC.Cc1ccc(C)c2ccccc12.Cc1cccc2ccccc12. The molecule has 4 rings (SSSR count). The van der Waals surface area contributed by atoms with Gasteiger partial charge in [-0.2, -0.15) is 0 Å². The Morgan fingerprint density at radius 2 is 0.741 bits per heavy atom. The molecule has 0 heteroatoms. The fourth-order valence-corrected chi connectivity index (χ4v) is 2.99. The third kappa shape index (κ3) is 5.96. The third-order valence-corrected chi connectivity index (χ3v) is 4.37. The molecule has 0 aliphatic carbocycles. The zero-order chi connectivity index (χ0) is 20.2. The van der Waals surface area contributed by atoms with Crippen molar-refractivity contribution in [2.45, 2.75) is 48.5 Å². The number of aryl methyl sites for hydroxylation is 3. The average Bonchev–Trinajstić information content (AvgIpc) is 2.75. The molecule has 0 bridgehead atoms. The normalized spacial score (nSPS) is 9.30. The van der Waals surface area contributed by atoms with Crippen molar-refractivity contribution in [1.82, 2.24) is 0 Å². The maximum Gasteiger partial charge on any atom is -0.0152 e. The lowest BCUT2D eigenvalue weighted by atomic mass is 10.0. The highest BCUT2D eigenvalue weighted by Crippen LogP contribution is 2.21. The molecule has 4 aromatic rings. The number of hydrogen-bond donors (Lipinski definition) is 0. The summed E-state index contributed by atoms with van der Waals surface area (Å²) in [5, 5.41) is 5.43. The Kier molecular flexibility index (Phi) is 9.90. The molecule has 0 heterocycles. The molecule has 0 saturated carbocycles. The van der Waals surface area contributed by atoms with Crippen LogP contribution in [-0.2, 0) is 0 Å². The number of hydrogen-bond acceptors (Lipinski definition) is 0. The van der Waals surface area contributed by atoms with Gasteiger partial charge >= 0.3 is 0 Å². The van der Waals surface area contributed by atoms with Gasteiger partial charge in [-0.1, -0.05) is 107 Å². The second-order valence-electron chi connectivity index (χ2n) is 6.04. The zero-order valence-electron chi connectivity index (χ0n) is 18.0. The van der Waals surface area contributed by atoms with E-state index in [9.17, 15) is 0 Å². The average molecular weight is 359 g/mol. The van der Waals surface area contributed by atoms with Gasteiger partial charge in [-0.25, -0.2) is 0 Å². The molecule has 0 atom stereocenters. The van der Waals surface area contributed by atoms with E-state index in [-0.39, 0.29) is 0 Å². The van der Waals surface area contributed by atoms with Crippen LogP contribution < -0.4 is 0 Å². The molecule has 0 aromatic heterocycles. The van der Waals surface area contributed by atoms with Crippen molar-refractivity contribution < 1.29 is 0 Å². The fraction of sp³-hybridized carbons (Fsp3) is 0.259. The maximum absolute atomic E-state index is 2.18.